The van der Waals surface area contributed by atoms with Crippen LogP contribution in [0, 0.1) is 0 Å². The Morgan fingerprint density at radius 1 is 1.28 bits per heavy atom. The lowest BCUT2D eigenvalue weighted by Gasteiger charge is -2.14. The quantitative estimate of drug-likeness (QED) is 0.926. The van der Waals surface area contributed by atoms with Gasteiger partial charge in [0, 0.05) is 16.2 Å². The average Bonchev–Trinajstić information content (AvgIpc) is 2.77. The van der Waals surface area contributed by atoms with Crippen LogP contribution in [0.25, 0.3) is 0 Å². The van der Waals surface area contributed by atoms with Gasteiger partial charge in [-0.2, -0.15) is 13.2 Å². The van der Waals surface area contributed by atoms with Gasteiger partial charge in [0.2, 0.25) is 0 Å². The molecule has 0 fully saturated rings. The van der Waals surface area contributed by atoms with Crippen LogP contribution >= 0.6 is 15.9 Å². The maximum Gasteiger partial charge on any atom is 0.418 e. The van der Waals surface area contributed by atoms with Crippen molar-refractivity contribution in [3.05, 3.63) is 46.3 Å². The molecule has 1 heterocycles. The summed E-state index contributed by atoms with van der Waals surface area (Å²) >= 11 is 3.14. The zero-order valence-corrected chi connectivity index (χ0v) is 10.5. The summed E-state index contributed by atoms with van der Waals surface area (Å²) in [6.07, 6.45) is -2.97. The summed E-state index contributed by atoms with van der Waals surface area (Å²) < 4.78 is 43.6. The fraction of sp³-hybridized carbons (Fsp3) is 0.182. The molecule has 0 amide bonds. The smallest absolute Gasteiger partial charge is 0.377 e. The third-order valence-corrected chi connectivity index (χ3v) is 2.72. The predicted octanol–water partition coefficient (Wildman–Crippen LogP) is 4.07. The van der Waals surface area contributed by atoms with Gasteiger partial charge in [0.15, 0.2) is 5.76 Å². The van der Waals surface area contributed by atoms with E-state index in [1.807, 2.05) is 0 Å². The molecular weight excluding hydrogens is 313 g/mol. The Morgan fingerprint density at radius 2 is 2.06 bits per heavy atom. The molecule has 1 aromatic heterocycles. The van der Waals surface area contributed by atoms with Gasteiger partial charge in [0.25, 0.3) is 0 Å². The molecule has 18 heavy (non-hydrogen) atoms. The van der Waals surface area contributed by atoms with Gasteiger partial charge in [-0.15, -0.1) is 0 Å². The van der Waals surface area contributed by atoms with Gasteiger partial charge in [-0.1, -0.05) is 21.1 Å². The SMILES string of the molecule is FC(F)(F)c1ccc(Br)cc1NCc1ccno1. The molecule has 0 saturated carbocycles. The zero-order valence-electron chi connectivity index (χ0n) is 8.96. The molecule has 0 saturated heterocycles. The fourth-order valence-electron chi connectivity index (χ4n) is 1.43. The van der Waals surface area contributed by atoms with Gasteiger partial charge < -0.3 is 9.84 Å². The summed E-state index contributed by atoms with van der Waals surface area (Å²) in [6.45, 7) is 0.138. The topological polar surface area (TPSA) is 38.1 Å². The van der Waals surface area contributed by atoms with E-state index in [0.717, 1.165) is 6.07 Å². The van der Waals surface area contributed by atoms with Crippen molar-refractivity contribution in [1.29, 1.82) is 0 Å². The van der Waals surface area contributed by atoms with Crippen LogP contribution in [-0.2, 0) is 12.7 Å². The molecule has 1 N–H and O–H groups in total. The lowest BCUT2D eigenvalue weighted by atomic mass is 10.1. The number of aromatic nitrogens is 1. The highest BCUT2D eigenvalue weighted by atomic mass is 79.9. The summed E-state index contributed by atoms with van der Waals surface area (Å²) in [4.78, 5) is 0. The average molecular weight is 321 g/mol. The standard InChI is InChI=1S/C11H8BrF3N2O/c12-7-1-2-9(11(13,14)15)10(5-7)16-6-8-3-4-17-18-8/h1-5,16H,6H2. The first-order chi connectivity index (χ1) is 8.47. The predicted molar refractivity (Wildman–Crippen MR) is 63.0 cm³/mol. The Hall–Kier alpha value is -1.50. The van der Waals surface area contributed by atoms with Crippen molar-refractivity contribution in [2.24, 2.45) is 0 Å². The van der Waals surface area contributed by atoms with E-state index in [-0.39, 0.29) is 12.2 Å². The fourth-order valence-corrected chi connectivity index (χ4v) is 1.79. The minimum absolute atomic E-state index is 0.00623. The molecule has 0 atom stereocenters. The first kappa shape index (κ1) is 12.9. The molecule has 1 aromatic carbocycles. The molecule has 0 aliphatic heterocycles. The van der Waals surface area contributed by atoms with Gasteiger partial charge in [0.1, 0.15) is 0 Å². The highest BCUT2D eigenvalue weighted by Crippen LogP contribution is 2.36. The Kier molecular flexibility index (Phi) is 3.60. The number of nitrogens with zero attached hydrogens (tertiary/aromatic N) is 1. The van der Waals surface area contributed by atoms with Crippen molar-refractivity contribution < 1.29 is 17.7 Å². The largest absolute Gasteiger partial charge is 0.418 e. The Balaban J connectivity index is 2.23. The minimum Gasteiger partial charge on any atom is -0.377 e. The Labute approximate surface area is 109 Å². The van der Waals surface area contributed by atoms with E-state index in [2.05, 4.69) is 26.4 Å². The number of halogens is 4. The van der Waals surface area contributed by atoms with E-state index in [0.29, 0.717) is 10.2 Å². The van der Waals surface area contributed by atoms with Crippen LogP contribution in [0.15, 0.2) is 39.5 Å². The number of anilines is 1. The third kappa shape index (κ3) is 3.04. The molecule has 3 nitrogen and oxygen atoms in total. The normalized spacial score (nSPS) is 11.6. The maximum atomic E-state index is 12.8. The summed E-state index contributed by atoms with van der Waals surface area (Å²) in [5.74, 6) is 0.461. The second kappa shape index (κ2) is 5.01. The van der Waals surface area contributed by atoms with Crippen molar-refractivity contribution in [1.82, 2.24) is 5.16 Å². The van der Waals surface area contributed by atoms with Gasteiger partial charge in [0.05, 0.1) is 18.3 Å². The van der Waals surface area contributed by atoms with Crippen molar-refractivity contribution in [3.63, 3.8) is 0 Å². The zero-order chi connectivity index (χ0) is 13.2. The van der Waals surface area contributed by atoms with Crippen LogP contribution in [0.2, 0.25) is 0 Å². The Morgan fingerprint density at radius 3 is 2.67 bits per heavy atom. The lowest BCUT2D eigenvalue weighted by molar-refractivity contribution is -0.137. The molecular formula is C11H8BrF3N2O. The maximum absolute atomic E-state index is 12.8. The van der Waals surface area contributed by atoms with Crippen LogP contribution in [0.4, 0.5) is 18.9 Å². The number of hydrogen-bond acceptors (Lipinski definition) is 3. The van der Waals surface area contributed by atoms with Gasteiger partial charge in [-0.25, -0.2) is 0 Å². The summed E-state index contributed by atoms with van der Waals surface area (Å²) in [5.41, 5.74) is -0.724. The number of rotatable bonds is 3. The van der Waals surface area contributed by atoms with Crippen molar-refractivity contribution >= 4 is 21.6 Å². The molecule has 0 radical (unpaired) electrons. The monoisotopic (exact) mass is 320 g/mol. The van der Waals surface area contributed by atoms with Crippen molar-refractivity contribution in [2.75, 3.05) is 5.32 Å². The molecule has 2 aromatic rings. The second-order valence-corrected chi connectivity index (χ2v) is 4.44. The van der Waals surface area contributed by atoms with Crippen molar-refractivity contribution in [3.8, 4) is 0 Å². The summed E-state index contributed by atoms with van der Waals surface area (Å²) in [5, 5.41) is 6.16. The molecule has 0 aliphatic carbocycles. The minimum atomic E-state index is -4.40. The van der Waals surface area contributed by atoms with E-state index < -0.39 is 11.7 Å². The lowest BCUT2D eigenvalue weighted by Crippen LogP contribution is -2.10. The number of nitrogens with one attached hydrogen (secondary N) is 1. The molecule has 0 bridgehead atoms. The molecule has 2 rings (SSSR count). The first-order valence-corrected chi connectivity index (χ1v) is 5.76. The van der Waals surface area contributed by atoms with Crippen LogP contribution in [0.3, 0.4) is 0 Å². The number of hydrogen-bond donors (Lipinski definition) is 1. The highest BCUT2D eigenvalue weighted by Gasteiger charge is 2.33. The summed E-state index contributed by atoms with van der Waals surface area (Å²) in [7, 11) is 0. The molecule has 0 aliphatic rings. The third-order valence-electron chi connectivity index (χ3n) is 2.23. The molecule has 96 valence electrons. The van der Waals surface area contributed by atoms with E-state index in [4.69, 9.17) is 4.52 Å². The van der Waals surface area contributed by atoms with Gasteiger partial charge in [-0.05, 0) is 18.2 Å². The van der Waals surface area contributed by atoms with E-state index in [1.54, 1.807) is 6.07 Å². The molecule has 0 spiro atoms. The van der Waals surface area contributed by atoms with Crippen LogP contribution < -0.4 is 5.32 Å². The number of alkyl halides is 3. The molecule has 7 heteroatoms. The van der Waals surface area contributed by atoms with Crippen molar-refractivity contribution in [2.45, 2.75) is 12.7 Å². The van der Waals surface area contributed by atoms with E-state index in [1.165, 1.54) is 18.3 Å². The number of benzene rings is 1. The van der Waals surface area contributed by atoms with Gasteiger partial charge in [-0.3, -0.25) is 0 Å². The van der Waals surface area contributed by atoms with E-state index >= 15 is 0 Å². The highest BCUT2D eigenvalue weighted by molar-refractivity contribution is 9.10. The molecule has 0 unspecified atom stereocenters. The van der Waals surface area contributed by atoms with Crippen LogP contribution in [0.5, 0.6) is 0 Å². The van der Waals surface area contributed by atoms with E-state index in [9.17, 15) is 13.2 Å². The second-order valence-electron chi connectivity index (χ2n) is 3.52. The van der Waals surface area contributed by atoms with Crippen LogP contribution in [0.1, 0.15) is 11.3 Å². The van der Waals surface area contributed by atoms with Gasteiger partial charge >= 0.3 is 6.18 Å². The Bertz CT molecular complexity index is 526. The first-order valence-electron chi connectivity index (χ1n) is 4.97. The summed E-state index contributed by atoms with van der Waals surface area (Å²) in [6, 6.07) is 5.33. The van der Waals surface area contributed by atoms with Crippen LogP contribution in [-0.4, -0.2) is 5.16 Å².